The van der Waals surface area contributed by atoms with E-state index in [1.807, 2.05) is 0 Å². The fourth-order valence-corrected chi connectivity index (χ4v) is 2.68. The smallest absolute Gasteiger partial charge is 0.417 e. The van der Waals surface area contributed by atoms with Crippen LogP contribution >= 0.6 is 0 Å². The summed E-state index contributed by atoms with van der Waals surface area (Å²) in [6.07, 6.45) is -3.65. The molecular formula is C16H12F4O3. The number of rotatable bonds is 1. The normalized spacial score (nSPS) is 14.3. The van der Waals surface area contributed by atoms with E-state index < -0.39 is 34.6 Å². The summed E-state index contributed by atoms with van der Waals surface area (Å²) in [6, 6.07) is 3.35. The van der Waals surface area contributed by atoms with Crippen molar-refractivity contribution in [3.05, 3.63) is 41.2 Å². The number of aryl methyl sites for hydroxylation is 1. The van der Waals surface area contributed by atoms with Gasteiger partial charge in [-0.05, 0) is 42.7 Å². The van der Waals surface area contributed by atoms with Crippen LogP contribution in [0.5, 0.6) is 17.2 Å². The van der Waals surface area contributed by atoms with Crippen LogP contribution in [0.2, 0.25) is 0 Å². The van der Waals surface area contributed by atoms with Crippen LogP contribution in [0.15, 0.2) is 24.3 Å². The molecule has 0 spiro atoms. The number of phenols is 2. The minimum atomic E-state index is -4.78. The molecule has 122 valence electrons. The van der Waals surface area contributed by atoms with Crippen molar-refractivity contribution in [3.8, 4) is 28.4 Å². The van der Waals surface area contributed by atoms with Crippen molar-refractivity contribution in [3.63, 3.8) is 0 Å². The summed E-state index contributed by atoms with van der Waals surface area (Å²) in [5.41, 5.74) is -1.23. The summed E-state index contributed by atoms with van der Waals surface area (Å²) in [4.78, 5) is 0. The SMILES string of the molecule is Oc1cc(-c2cc(F)cc3c2OCCC3)c(C(F)(F)F)cc1O. The van der Waals surface area contributed by atoms with E-state index in [2.05, 4.69) is 0 Å². The third-order valence-electron chi connectivity index (χ3n) is 3.68. The fraction of sp³-hybridized carbons (Fsp3) is 0.250. The zero-order valence-corrected chi connectivity index (χ0v) is 11.7. The first-order valence-electron chi connectivity index (χ1n) is 6.86. The van der Waals surface area contributed by atoms with Crippen LogP contribution in [-0.2, 0) is 12.6 Å². The minimum Gasteiger partial charge on any atom is -0.504 e. The Labute approximate surface area is 128 Å². The molecule has 0 bridgehead atoms. The van der Waals surface area contributed by atoms with Crippen molar-refractivity contribution in [2.24, 2.45) is 0 Å². The summed E-state index contributed by atoms with van der Waals surface area (Å²) < 4.78 is 59.0. The monoisotopic (exact) mass is 328 g/mol. The Kier molecular flexibility index (Phi) is 3.58. The van der Waals surface area contributed by atoms with Gasteiger partial charge in [0.2, 0.25) is 0 Å². The molecule has 0 saturated carbocycles. The third kappa shape index (κ3) is 2.78. The van der Waals surface area contributed by atoms with Gasteiger partial charge in [0.05, 0.1) is 12.2 Å². The summed E-state index contributed by atoms with van der Waals surface area (Å²) in [5, 5.41) is 18.9. The Hall–Kier alpha value is -2.44. The molecule has 7 heteroatoms. The van der Waals surface area contributed by atoms with Gasteiger partial charge in [0.1, 0.15) is 11.6 Å². The van der Waals surface area contributed by atoms with Crippen LogP contribution in [0, 0.1) is 5.82 Å². The lowest BCUT2D eigenvalue weighted by atomic mass is 9.93. The third-order valence-corrected chi connectivity index (χ3v) is 3.68. The Balaban J connectivity index is 2.31. The van der Waals surface area contributed by atoms with Gasteiger partial charge in [0.15, 0.2) is 11.5 Å². The highest BCUT2D eigenvalue weighted by Gasteiger charge is 2.36. The highest BCUT2D eigenvalue weighted by molar-refractivity contribution is 5.78. The number of alkyl halides is 3. The molecule has 0 aromatic heterocycles. The van der Waals surface area contributed by atoms with Crippen molar-refractivity contribution in [1.82, 2.24) is 0 Å². The highest BCUT2D eigenvalue weighted by Crippen LogP contribution is 2.46. The molecule has 2 aromatic rings. The van der Waals surface area contributed by atoms with Gasteiger partial charge in [-0.3, -0.25) is 0 Å². The van der Waals surface area contributed by atoms with E-state index in [1.165, 1.54) is 6.07 Å². The van der Waals surface area contributed by atoms with E-state index in [4.69, 9.17) is 4.74 Å². The predicted octanol–water partition coefficient (Wildman–Crippen LogP) is 4.25. The lowest BCUT2D eigenvalue weighted by Gasteiger charge is -2.22. The maximum Gasteiger partial charge on any atom is 0.417 e. The van der Waals surface area contributed by atoms with Crippen LogP contribution in [0.4, 0.5) is 17.6 Å². The number of hydrogen-bond donors (Lipinski definition) is 2. The average Bonchev–Trinajstić information content (AvgIpc) is 2.47. The average molecular weight is 328 g/mol. The molecule has 0 saturated heterocycles. The zero-order chi connectivity index (χ0) is 16.8. The van der Waals surface area contributed by atoms with Crippen LogP contribution < -0.4 is 4.74 Å². The first kappa shape index (κ1) is 15.5. The molecule has 3 rings (SSSR count). The van der Waals surface area contributed by atoms with E-state index in [0.717, 1.165) is 12.1 Å². The highest BCUT2D eigenvalue weighted by atomic mass is 19.4. The first-order valence-corrected chi connectivity index (χ1v) is 6.86. The second-order valence-electron chi connectivity index (χ2n) is 5.28. The van der Waals surface area contributed by atoms with Crippen molar-refractivity contribution in [2.75, 3.05) is 6.61 Å². The summed E-state index contributed by atoms with van der Waals surface area (Å²) in [6.45, 7) is 0.317. The Morgan fingerprint density at radius 1 is 0.957 bits per heavy atom. The Morgan fingerprint density at radius 2 is 1.65 bits per heavy atom. The van der Waals surface area contributed by atoms with Gasteiger partial charge in [0.25, 0.3) is 0 Å². The Bertz CT molecular complexity index is 769. The Morgan fingerprint density at radius 3 is 2.35 bits per heavy atom. The van der Waals surface area contributed by atoms with Gasteiger partial charge >= 0.3 is 6.18 Å². The second kappa shape index (κ2) is 5.33. The molecule has 3 nitrogen and oxygen atoms in total. The van der Waals surface area contributed by atoms with E-state index in [0.29, 0.717) is 31.1 Å². The molecular weight excluding hydrogens is 316 g/mol. The summed E-state index contributed by atoms with van der Waals surface area (Å²) >= 11 is 0. The first-order chi connectivity index (χ1) is 10.8. The zero-order valence-electron chi connectivity index (χ0n) is 11.7. The maximum atomic E-state index is 13.8. The number of phenolic OH excluding ortho intramolecular Hbond substituents is 2. The van der Waals surface area contributed by atoms with Crippen LogP contribution in [0.1, 0.15) is 17.5 Å². The fourth-order valence-electron chi connectivity index (χ4n) is 2.68. The number of aromatic hydroxyl groups is 2. The number of hydrogen-bond acceptors (Lipinski definition) is 3. The molecule has 1 aliphatic rings. The van der Waals surface area contributed by atoms with E-state index >= 15 is 0 Å². The molecule has 0 fully saturated rings. The van der Waals surface area contributed by atoms with Gasteiger partial charge in [-0.25, -0.2) is 4.39 Å². The quantitative estimate of drug-likeness (QED) is 0.608. The molecule has 2 aromatic carbocycles. The van der Waals surface area contributed by atoms with E-state index in [1.54, 1.807) is 0 Å². The second-order valence-corrected chi connectivity index (χ2v) is 5.28. The molecule has 0 atom stereocenters. The maximum absolute atomic E-state index is 13.8. The van der Waals surface area contributed by atoms with Crippen molar-refractivity contribution in [2.45, 2.75) is 19.0 Å². The van der Waals surface area contributed by atoms with Crippen LogP contribution in [0.3, 0.4) is 0 Å². The van der Waals surface area contributed by atoms with Gasteiger partial charge in [0, 0.05) is 11.1 Å². The minimum absolute atomic E-state index is 0.0951. The number of ether oxygens (including phenoxy) is 1. The molecule has 2 N–H and O–H groups in total. The van der Waals surface area contributed by atoms with Crippen LogP contribution in [0.25, 0.3) is 11.1 Å². The summed E-state index contributed by atoms with van der Waals surface area (Å²) in [7, 11) is 0. The molecule has 23 heavy (non-hydrogen) atoms. The van der Waals surface area contributed by atoms with Gasteiger partial charge < -0.3 is 14.9 Å². The predicted molar refractivity (Wildman–Crippen MR) is 74.0 cm³/mol. The van der Waals surface area contributed by atoms with Gasteiger partial charge in [-0.2, -0.15) is 13.2 Å². The lowest BCUT2D eigenvalue weighted by molar-refractivity contribution is -0.137. The number of fused-ring (bicyclic) bond motifs is 1. The topological polar surface area (TPSA) is 49.7 Å². The van der Waals surface area contributed by atoms with Crippen molar-refractivity contribution >= 4 is 0 Å². The standard InChI is InChI=1S/C16H12F4O3/c17-9-4-8-2-1-3-23-15(8)11(5-9)10-6-13(21)14(22)7-12(10)16(18,19)20/h4-7,21-22H,1-3H2. The van der Waals surface area contributed by atoms with E-state index in [-0.39, 0.29) is 11.3 Å². The molecule has 0 radical (unpaired) electrons. The molecule has 0 aliphatic carbocycles. The molecule has 1 heterocycles. The van der Waals surface area contributed by atoms with Crippen molar-refractivity contribution < 1.29 is 32.5 Å². The lowest BCUT2D eigenvalue weighted by Crippen LogP contribution is -2.12. The van der Waals surface area contributed by atoms with Crippen LogP contribution in [-0.4, -0.2) is 16.8 Å². The summed E-state index contributed by atoms with van der Waals surface area (Å²) in [5.74, 6) is -2.13. The van der Waals surface area contributed by atoms with E-state index in [9.17, 15) is 27.8 Å². The molecule has 1 aliphatic heterocycles. The van der Waals surface area contributed by atoms with Gasteiger partial charge in [-0.1, -0.05) is 0 Å². The molecule has 0 amide bonds. The van der Waals surface area contributed by atoms with Crippen molar-refractivity contribution in [1.29, 1.82) is 0 Å². The molecule has 0 unspecified atom stereocenters. The number of benzene rings is 2. The van der Waals surface area contributed by atoms with Gasteiger partial charge in [-0.15, -0.1) is 0 Å². The largest absolute Gasteiger partial charge is 0.504 e. The number of halogens is 4.